The maximum atomic E-state index is 12.7. The van der Waals surface area contributed by atoms with Gasteiger partial charge in [-0.25, -0.2) is 0 Å². The van der Waals surface area contributed by atoms with Gasteiger partial charge in [0, 0.05) is 31.4 Å². The van der Waals surface area contributed by atoms with Crippen LogP contribution in [0.25, 0.3) is 0 Å². The van der Waals surface area contributed by atoms with Crippen LogP contribution < -0.4 is 0 Å². The number of Topliss-reactive ketones (excluding diaryl/α,β-unsaturated/α-hetero) is 1. The van der Waals surface area contributed by atoms with Crippen molar-refractivity contribution in [3.8, 4) is 0 Å². The molecule has 0 saturated heterocycles. The van der Waals surface area contributed by atoms with E-state index in [2.05, 4.69) is 0 Å². The van der Waals surface area contributed by atoms with E-state index in [1.165, 1.54) is 6.92 Å². The molecule has 1 aliphatic rings. The summed E-state index contributed by atoms with van der Waals surface area (Å²) >= 11 is 0. The van der Waals surface area contributed by atoms with Crippen LogP contribution in [0.5, 0.6) is 0 Å². The van der Waals surface area contributed by atoms with Crippen molar-refractivity contribution in [2.45, 2.75) is 38.6 Å². The van der Waals surface area contributed by atoms with E-state index < -0.39 is 0 Å². The van der Waals surface area contributed by atoms with Crippen molar-refractivity contribution >= 4 is 11.7 Å². The number of ketones is 1. The van der Waals surface area contributed by atoms with Crippen LogP contribution in [0, 0.1) is 0 Å². The number of carbonyl (C=O) groups is 2. The van der Waals surface area contributed by atoms with Crippen LogP contribution in [0.1, 0.15) is 53.5 Å². The molecule has 1 N–H and O–H groups in total. The quantitative estimate of drug-likeness (QED) is 0.832. The van der Waals surface area contributed by atoms with Gasteiger partial charge in [0.1, 0.15) is 5.69 Å². The third-order valence-electron chi connectivity index (χ3n) is 4.00. The first-order chi connectivity index (χ1) is 9.54. The molecular weight excluding hydrogens is 256 g/mol. The maximum Gasteiger partial charge on any atom is 0.270 e. The second-order valence-electron chi connectivity index (χ2n) is 5.44. The van der Waals surface area contributed by atoms with Gasteiger partial charge in [-0.1, -0.05) is 12.8 Å². The Morgan fingerprint density at radius 1 is 1.40 bits per heavy atom. The fourth-order valence-electron chi connectivity index (χ4n) is 2.89. The molecule has 5 heteroatoms. The Bertz CT molecular complexity index is 501. The number of carbonyl (C=O) groups excluding carboxylic acids is 2. The number of aliphatic hydroxyl groups is 1. The lowest BCUT2D eigenvalue weighted by Crippen LogP contribution is -2.41. The van der Waals surface area contributed by atoms with Crippen molar-refractivity contribution in [1.82, 2.24) is 9.47 Å². The molecule has 0 atom stereocenters. The molecule has 1 aromatic rings. The van der Waals surface area contributed by atoms with Crippen molar-refractivity contribution < 1.29 is 14.7 Å². The first-order valence-electron chi connectivity index (χ1n) is 7.13. The predicted octanol–water partition coefficient (Wildman–Crippen LogP) is 1.60. The van der Waals surface area contributed by atoms with E-state index in [-0.39, 0.29) is 24.3 Å². The second-order valence-corrected chi connectivity index (χ2v) is 5.44. The van der Waals surface area contributed by atoms with Gasteiger partial charge in [0.05, 0.1) is 6.61 Å². The van der Waals surface area contributed by atoms with Crippen LogP contribution in [-0.2, 0) is 7.05 Å². The Hall–Kier alpha value is -1.62. The molecular formula is C15H22N2O3. The van der Waals surface area contributed by atoms with E-state index in [1.807, 2.05) is 0 Å². The monoisotopic (exact) mass is 278 g/mol. The standard InChI is InChI=1S/C15H22N2O3/c1-11(19)12-9-14(16(2)10-12)15(20)17(7-8-18)13-5-3-4-6-13/h9-10,13,18H,3-8H2,1-2H3. The van der Waals surface area contributed by atoms with Gasteiger partial charge in [-0.15, -0.1) is 0 Å². The molecule has 1 fully saturated rings. The second kappa shape index (κ2) is 6.22. The summed E-state index contributed by atoms with van der Waals surface area (Å²) in [5, 5.41) is 9.20. The molecule has 1 heterocycles. The molecule has 110 valence electrons. The number of hydrogen-bond acceptors (Lipinski definition) is 3. The summed E-state index contributed by atoms with van der Waals surface area (Å²) in [5.74, 6) is -0.143. The van der Waals surface area contributed by atoms with Gasteiger partial charge >= 0.3 is 0 Å². The molecule has 0 aromatic carbocycles. The van der Waals surface area contributed by atoms with E-state index >= 15 is 0 Å². The summed E-state index contributed by atoms with van der Waals surface area (Å²) < 4.78 is 1.69. The van der Waals surface area contributed by atoms with Gasteiger partial charge in [0.15, 0.2) is 5.78 Å². The van der Waals surface area contributed by atoms with Crippen molar-refractivity contribution in [2.75, 3.05) is 13.2 Å². The van der Waals surface area contributed by atoms with Gasteiger partial charge in [-0.05, 0) is 25.8 Å². The lowest BCUT2D eigenvalue weighted by atomic mass is 10.2. The Kier molecular flexibility index (Phi) is 4.60. The zero-order chi connectivity index (χ0) is 14.7. The van der Waals surface area contributed by atoms with E-state index in [4.69, 9.17) is 0 Å². The molecule has 0 bridgehead atoms. The van der Waals surface area contributed by atoms with Crippen molar-refractivity contribution in [3.05, 3.63) is 23.5 Å². The molecule has 1 aliphatic carbocycles. The Balaban J connectivity index is 2.24. The molecule has 1 saturated carbocycles. The summed E-state index contributed by atoms with van der Waals surface area (Å²) in [5.41, 5.74) is 1.06. The third kappa shape index (κ3) is 2.93. The van der Waals surface area contributed by atoms with Crippen LogP contribution >= 0.6 is 0 Å². The van der Waals surface area contributed by atoms with Gasteiger partial charge in [-0.2, -0.15) is 0 Å². The minimum atomic E-state index is -0.0963. The third-order valence-corrected chi connectivity index (χ3v) is 4.00. The minimum Gasteiger partial charge on any atom is -0.395 e. The lowest BCUT2D eigenvalue weighted by molar-refractivity contribution is 0.0628. The zero-order valence-corrected chi connectivity index (χ0v) is 12.1. The Labute approximate surface area is 119 Å². The summed E-state index contributed by atoms with van der Waals surface area (Å²) in [6.07, 6.45) is 5.93. The van der Waals surface area contributed by atoms with Crippen LogP contribution in [0.3, 0.4) is 0 Å². The molecule has 0 aliphatic heterocycles. The van der Waals surface area contributed by atoms with E-state index in [0.717, 1.165) is 25.7 Å². The maximum absolute atomic E-state index is 12.7. The highest BCUT2D eigenvalue weighted by molar-refractivity contribution is 5.99. The molecule has 0 radical (unpaired) electrons. The molecule has 0 spiro atoms. The molecule has 1 amide bonds. The number of aliphatic hydroxyl groups excluding tert-OH is 1. The number of aryl methyl sites for hydroxylation is 1. The van der Waals surface area contributed by atoms with Crippen molar-refractivity contribution in [1.29, 1.82) is 0 Å². The minimum absolute atomic E-state index is 0.0355. The topological polar surface area (TPSA) is 62.5 Å². The predicted molar refractivity (Wildman–Crippen MR) is 75.8 cm³/mol. The van der Waals surface area contributed by atoms with Crippen molar-refractivity contribution in [3.63, 3.8) is 0 Å². The first-order valence-corrected chi connectivity index (χ1v) is 7.13. The summed E-state index contributed by atoms with van der Waals surface area (Å²) in [4.78, 5) is 25.8. The summed E-state index contributed by atoms with van der Waals surface area (Å²) in [6.45, 7) is 1.81. The average Bonchev–Trinajstić information content (AvgIpc) is 3.04. The molecule has 2 rings (SSSR count). The van der Waals surface area contributed by atoms with E-state index in [9.17, 15) is 14.7 Å². The summed E-state index contributed by atoms with van der Waals surface area (Å²) in [6, 6.07) is 1.86. The molecule has 1 aromatic heterocycles. The fourth-order valence-corrected chi connectivity index (χ4v) is 2.89. The number of nitrogens with zero attached hydrogens (tertiary/aromatic N) is 2. The normalized spacial score (nSPS) is 15.6. The smallest absolute Gasteiger partial charge is 0.270 e. The van der Waals surface area contributed by atoms with Gasteiger partial charge in [0.25, 0.3) is 5.91 Å². The van der Waals surface area contributed by atoms with Gasteiger partial charge in [0.2, 0.25) is 0 Å². The van der Waals surface area contributed by atoms with Crippen LogP contribution in [-0.4, -0.2) is 45.5 Å². The molecule has 20 heavy (non-hydrogen) atoms. The SMILES string of the molecule is CC(=O)c1cc(C(=O)N(CCO)C2CCCC2)n(C)c1. The van der Waals surface area contributed by atoms with Crippen LogP contribution in [0.15, 0.2) is 12.3 Å². The lowest BCUT2D eigenvalue weighted by Gasteiger charge is -2.28. The first kappa shape index (κ1) is 14.8. The van der Waals surface area contributed by atoms with Gasteiger partial charge in [-0.3, -0.25) is 9.59 Å². The van der Waals surface area contributed by atoms with E-state index in [1.54, 1.807) is 28.8 Å². The average molecular weight is 278 g/mol. The Morgan fingerprint density at radius 3 is 2.55 bits per heavy atom. The number of rotatable bonds is 5. The summed E-state index contributed by atoms with van der Waals surface area (Å²) in [7, 11) is 1.77. The van der Waals surface area contributed by atoms with Crippen molar-refractivity contribution in [2.24, 2.45) is 7.05 Å². The number of aromatic nitrogens is 1. The highest BCUT2D eigenvalue weighted by Crippen LogP contribution is 2.25. The fraction of sp³-hybridized carbons (Fsp3) is 0.600. The highest BCUT2D eigenvalue weighted by atomic mass is 16.3. The largest absolute Gasteiger partial charge is 0.395 e. The number of amides is 1. The Morgan fingerprint density at radius 2 is 2.05 bits per heavy atom. The molecule has 5 nitrogen and oxygen atoms in total. The molecule has 0 unspecified atom stereocenters. The van der Waals surface area contributed by atoms with Crippen LogP contribution in [0.2, 0.25) is 0 Å². The number of hydrogen-bond donors (Lipinski definition) is 1. The highest BCUT2D eigenvalue weighted by Gasteiger charge is 2.28. The zero-order valence-electron chi connectivity index (χ0n) is 12.1. The van der Waals surface area contributed by atoms with E-state index in [0.29, 0.717) is 17.8 Å². The van der Waals surface area contributed by atoms with Gasteiger partial charge < -0.3 is 14.6 Å². The van der Waals surface area contributed by atoms with Crippen LogP contribution in [0.4, 0.5) is 0 Å².